The lowest BCUT2D eigenvalue weighted by atomic mass is 9.82. The minimum Gasteiger partial charge on any atom is -0.497 e. The fourth-order valence-electron chi connectivity index (χ4n) is 2.35. The summed E-state index contributed by atoms with van der Waals surface area (Å²) in [5.41, 5.74) is 2.12. The van der Waals surface area contributed by atoms with Gasteiger partial charge in [-0.15, -0.1) is 0 Å². The van der Waals surface area contributed by atoms with E-state index in [9.17, 15) is 9.59 Å². The first kappa shape index (κ1) is 11.8. The first-order valence-corrected chi connectivity index (χ1v) is 5.77. The Morgan fingerprint density at radius 1 is 1.12 bits per heavy atom. The van der Waals surface area contributed by atoms with Gasteiger partial charge in [-0.3, -0.25) is 9.59 Å². The van der Waals surface area contributed by atoms with Crippen LogP contribution in [-0.2, 0) is 9.59 Å². The van der Waals surface area contributed by atoms with Gasteiger partial charge >= 0.3 is 0 Å². The summed E-state index contributed by atoms with van der Waals surface area (Å²) >= 11 is 0. The lowest BCUT2D eigenvalue weighted by Gasteiger charge is -2.21. The number of benzene rings is 1. The van der Waals surface area contributed by atoms with Gasteiger partial charge < -0.3 is 4.74 Å². The Labute approximate surface area is 101 Å². The van der Waals surface area contributed by atoms with Gasteiger partial charge in [0, 0.05) is 12.8 Å². The van der Waals surface area contributed by atoms with Crippen LogP contribution in [0.2, 0.25) is 0 Å². The van der Waals surface area contributed by atoms with Crippen molar-refractivity contribution in [3.8, 4) is 5.75 Å². The highest BCUT2D eigenvalue weighted by Crippen LogP contribution is 2.32. The highest BCUT2D eigenvalue weighted by atomic mass is 16.5. The van der Waals surface area contributed by atoms with Crippen molar-refractivity contribution in [1.29, 1.82) is 0 Å². The van der Waals surface area contributed by atoms with Crippen molar-refractivity contribution in [2.45, 2.75) is 32.1 Å². The Bertz CT molecular complexity index is 447. The molecular formula is C14H16O3. The van der Waals surface area contributed by atoms with E-state index in [1.165, 1.54) is 0 Å². The maximum atomic E-state index is 11.4. The van der Waals surface area contributed by atoms with Gasteiger partial charge in [0.25, 0.3) is 0 Å². The Morgan fingerprint density at radius 3 is 2.35 bits per heavy atom. The van der Waals surface area contributed by atoms with Crippen LogP contribution in [0.3, 0.4) is 0 Å². The van der Waals surface area contributed by atoms with Crippen molar-refractivity contribution in [3.63, 3.8) is 0 Å². The summed E-state index contributed by atoms with van der Waals surface area (Å²) in [6.07, 6.45) is 1.05. The molecule has 1 fully saturated rings. The normalized spacial score (nSPS) is 17.3. The number of methoxy groups -OCH3 is 1. The van der Waals surface area contributed by atoms with Gasteiger partial charge in [-0.1, -0.05) is 6.07 Å². The molecule has 0 spiro atoms. The monoisotopic (exact) mass is 232 g/mol. The van der Waals surface area contributed by atoms with E-state index >= 15 is 0 Å². The number of carbonyl (C=O) groups excluding carboxylic acids is 2. The van der Waals surface area contributed by atoms with E-state index in [0.717, 1.165) is 16.9 Å². The highest BCUT2D eigenvalue weighted by molar-refractivity contribution is 6.02. The molecule has 1 aromatic carbocycles. The molecule has 2 rings (SSSR count). The summed E-state index contributed by atoms with van der Waals surface area (Å²) in [4.78, 5) is 22.9. The van der Waals surface area contributed by atoms with Crippen LogP contribution in [0.5, 0.6) is 5.75 Å². The van der Waals surface area contributed by atoms with Gasteiger partial charge in [0.1, 0.15) is 17.3 Å². The van der Waals surface area contributed by atoms with Gasteiger partial charge in [0.15, 0.2) is 0 Å². The van der Waals surface area contributed by atoms with E-state index in [1.54, 1.807) is 7.11 Å². The van der Waals surface area contributed by atoms with Gasteiger partial charge in [-0.2, -0.15) is 0 Å². The molecule has 1 aromatic rings. The number of carbonyl (C=O) groups is 2. The van der Waals surface area contributed by atoms with Crippen molar-refractivity contribution in [2.24, 2.45) is 0 Å². The van der Waals surface area contributed by atoms with Crippen LogP contribution in [0.15, 0.2) is 18.2 Å². The zero-order valence-corrected chi connectivity index (χ0v) is 10.2. The van der Waals surface area contributed by atoms with Crippen LogP contribution in [0.4, 0.5) is 0 Å². The van der Waals surface area contributed by atoms with Gasteiger partial charge in [-0.25, -0.2) is 0 Å². The van der Waals surface area contributed by atoms with Gasteiger partial charge in [-0.05, 0) is 36.1 Å². The first-order chi connectivity index (χ1) is 8.08. The van der Waals surface area contributed by atoms with E-state index in [4.69, 9.17) is 4.74 Å². The minimum absolute atomic E-state index is 0.0255. The van der Waals surface area contributed by atoms with Crippen LogP contribution < -0.4 is 4.74 Å². The molecule has 3 nitrogen and oxygen atoms in total. The smallest absolute Gasteiger partial charge is 0.140 e. The van der Waals surface area contributed by atoms with Crippen LogP contribution in [0.25, 0.3) is 0 Å². The summed E-state index contributed by atoms with van der Waals surface area (Å²) in [5, 5.41) is 0. The third kappa shape index (κ3) is 2.73. The number of ether oxygens (including phenoxy) is 1. The number of ketones is 2. The summed E-state index contributed by atoms with van der Waals surface area (Å²) in [6, 6.07) is 5.89. The van der Waals surface area contributed by atoms with E-state index in [2.05, 4.69) is 0 Å². The fraction of sp³-hybridized carbons (Fsp3) is 0.429. The second-order valence-electron chi connectivity index (χ2n) is 4.64. The number of Topliss-reactive ketones (excluding diaryl/α,β-unsaturated/α-hetero) is 2. The maximum absolute atomic E-state index is 11.4. The van der Waals surface area contributed by atoms with E-state index in [0.29, 0.717) is 12.8 Å². The largest absolute Gasteiger partial charge is 0.497 e. The van der Waals surface area contributed by atoms with Crippen LogP contribution in [0.1, 0.15) is 36.3 Å². The number of aryl methyl sites for hydroxylation is 1. The molecule has 0 heterocycles. The summed E-state index contributed by atoms with van der Waals surface area (Å²) < 4.78 is 5.21. The lowest BCUT2D eigenvalue weighted by Crippen LogP contribution is -2.21. The molecule has 0 aliphatic heterocycles. The number of rotatable bonds is 2. The van der Waals surface area contributed by atoms with Crippen LogP contribution in [0, 0.1) is 6.92 Å². The maximum Gasteiger partial charge on any atom is 0.140 e. The molecule has 0 bridgehead atoms. The van der Waals surface area contributed by atoms with Crippen molar-refractivity contribution < 1.29 is 14.3 Å². The van der Waals surface area contributed by atoms with Gasteiger partial charge in [0.05, 0.1) is 13.5 Å². The van der Waals surface area contributed by atoms with Crippen LogP contribution in [-0.4, -0.2) is 18.7 Å². The molecule has 0 radical (unpaired) electrons. The van der Waals surface area contributed by atoms with Crippen LogP contribution >= 0.6 is 0 Å². The molecule has 0 unspecified atom stereocenters. The minimum atomic E-state index is 0.0255. The highest BCUT2D eigenvalue weighted by Gasteiger charge is 2.26. The standard InChI is InChI=1S/C14H16O3/c1-9-3-10(7-14(4-9)17-2)11-5-12(15)8-13(16)6-11/h3-4,7,11H,5-6,8H2,1-2H3. The van der Waals surface area contributed by atoms with Crippen molar-refractivity contribution in [3.05, 3.63) is 29.3 Å². The molecule has 1 aliphatic rings. The average molecular weight is 232 g/mol. The molecule has 3 heteroatoms. The second kappa shape index (κ2) is 4.70. The molecular weight excluding hydrogens is 216 g/mol. The SMILES string of the molecule is COc1cc(C)cc(C2CC(=O)CC(=O)C2)c1. The number of hydrogen-bond acceptors (Lipinski definition) is 3. The molecule has 0 aromatic heterocycles. The lowest BCUT2D eigenvalue weighted by molar-refractivity contribution is -0.130. The Hall–Kier alpha value is -1.64. The Morgan fingerprint density at radius 2 is 1.76 bits per heavy atom. The average Bonchev–Trinajstić information content (AvgIpc) is 2.26. The van der Waals surface area contributed by atoms with E-state index in [1.807, 2.05) is 25.1 Å². The molecule has 1 saturated carbocycles. The third-order valence-electron chi connectivity index (χ3n) is 3.12. The second-order valence-corrected chi connectivity index (χ2v) is 4.64. The van der Waals surface area contributed by atoms with E-state index < -0.39 is 0 Å². The van der Waals surface area contributed by atoms with Crippen molar-refractivity contribution in [1.82, 2.24) is 0 Å². The summed E-state index contributed by atoms with van der Waals surface area (Å²) in [5.74, 6) is 0.904. The zero-order chi connectivity index (χ0) is 12.4. The summed E-state index contributed by atoms with van der Waals surface area (Å²) in [6.45, 7) is 1.98. The fourth-order valence-corrected chi connectivity index (χ4v) is 2.35. The zero-order valence-electron chi connectivity index (χ0n) is 10.2. The Kier molecular flexibility index (Phi) is 3.27. The summed E-state index contributed by atoms with van der Waals surface area (Å²) in [7, 11) is 1.62. The molecule has 17 heavy (non-hydrogen) atoms. The molecule has 1 aliphatic carbocycles. The predicted molar refractivity (Wildman–Crippen MR) is 64.3 cm³/mol. The van der Waals surface area contributed by atoms with Gasteiger partial charge in [0.2, 0.25) is 0 Å². The predicted octanol–water partition coefficient (Wildman–Crippen LogP) is 2.41. The third-order valence-corrected chi connectivity index (χ3v) is 3.12. The van der Waals surface area contributed by atoms with Crippen molar-refractivity contribution >= 4 is 11.6 Å². The van der Waals surface area contributed by atoms with E-state index in [-0.39, 0.29) is 23.9 Å². The number of hydrogen-bond donors (Lipinski definition) is 0. The molecule has 0 atom stereocenters. The molecule has 0 amide bonds. The molecule has 90 valence electrons. The molecule has 0 N–H and O–H groups in total. The Balaban J connectivity index is 2.29. The first-order valence-electron chi connectivity index (χ1n) is 5.77. The quantitative estimate of drug-likeness (QED) is 0.735. The molecule has 0 saturated heterocycles. The van der Waals surface area contributed by atoms with Crippen molar-refractivity contribution in [2.75, 3.05) is 7.11 Å². The topological polar surface area (TPSA) is 43.4 Å².